The van der Waals surface area contributed by atoms with Gasteiger partial charge in [-0.1, -0.05) is 0 Å². The average Bonchev–Trinajstić information content (AvgIpc) is 2.41. The van der Waals surface area contributed by atoms with Crippen molar-refractivity contribution < 1.29 is 4.74 Å². The Balaban J connectivity index is 1.66. The third kappa shape index (κ3) is 4.71. The Morgan fingerprint density at radius 2 is 1.45 bits per heavy atom. The molecule has 0 aromatic heterocycles. The van der Waals surface area contributed by atoms with Crippen LogP contribution in [-0.4, -0.2) is 61.8 Å². The molecule has 2 aliphatic rings. The summed E-state index contributed by atoms with van der Waals surface area (Å²) in [7, 11) is 1.83. The van der Waals surface area contributed by atoms with Crippen molar-refractivity contribution in [2.24, 2.45) is 11.8 Å². The predicted molar refractivity (Wildman–Crippen MR) is 85.1 cm³/mol. The van der Waals surface area contributed by atoms with Crippen LogP contribution in [0.1, 0.15) is 46.5 Å². The van der Waals surface area contributed by atoms with Crippen LogP contribution >= 0.6 is 0 Å². The quantitative estimate of drug-likeness (QED) is 0.788. The topological polar surface area (TPSA) is 15.7 Å². The molecule has 2 saturated heterocycles. The van der Waals surface area contributed by atoms with E-state index < -0.39 is 0 Å². The fourth-order valence-corrected chi connectivity index (χ4v) is 3.72. The van der Waals surface area contributed by atoms with Crippen molar-refractivity contribution in [2.45, 2.75) is 52.0 Å². The summed E-state index contributed by atoms with van der Waals surface area (Å²) >= 11 is 0. The van der Waals surface area contributed by atoms with Crippen LogP contribution in [0.25, 0.3) is 0 Å². The van der Waals surface area contributed by atoms with Gasteiger partial charge in [-0.05, 0) is 84.5 Å². The van der Waals surface area contributed by atoms with E-state index in [9.17, 15) is 0 Å². The Morgan fingerprint density at radius 1 is 0.900 bits per heavy atom. The van der Waals surface area contributed by atoms with Crippen LogP contribution in [0, 0.1) is 11.8 Å². The first-order valence-corrected chi connectivity index (χ1v) is 8.45. The maximum atomic E-state index is 5.29. The molecule has 2 aliphatic heterocycles. The van der Waals surface area contributed by atoms with Gasteiger partial charge in [0.1, 0.15) is 0 Å². The van der Waals surface area contributed by atoms with Gasteiger partial charge in [0.05, 0.1) is 0 Å². The molecular weight excluding hydrogens is 248 g/mol. The summed E-state index contributed by atoms with van der Waals surface area (Å²) in [6, 6.07) is 0. The van der Waals surface area contributed by atoms with Crippen LogP contribution in [-0.2, 0) is 4.74 Å². The molecule has 0 radical (unpaired) electrons. The van der Waals surface area contributed by atoms with Gasteiger partial charge in [0, 0.05) is 25.8 Å². The lowest BCUT2D eigenvalue weighted by atomic mass is 9.91. The van der Waals surface area contributed by atoms with E-state index >= 15 is 0 Å². The highest BCUT2D eigenvalue weighted by Gasteiger charge is 2.28. The van der Waals surface area contributed by atoms with E-state index in [1.165, 1.54) is 58.4 Å². The van der Waals surface area contributed by atoms with Gasteiger partial charge >= 0.3 is 0 Å². The highest BCUT2D eigenvalue weighted by Crippen LogP contribution is 2.26. The zero-order valence-corrected chi connectivity index (χ0v) is 14.0. The molecule has 0 spiro atoms. The maximum Gasteiger partial charge on any atom is 0.0491 e. The first-order valence-electron chi connectivity index (χ1n) is 8.45. The molecule has 118 valence electrons. The number of methoxy groups -OCH3 is 1. The first-order chi connectivity index (χ1) is 9.49. The fraction of sp³-hybridized carbons (Fsp3) is 1.00. The predicted octanol–water partition coefficient (Wildman–Crippen LogP) is 2.86. The smallest absolute Gasteiger partial charge is 0.0491 e. The third-order valence-corrected chi connectivity index (χ3v) is 5.19. The minimum absolute atomic E-state index is 0.351. The molecule has 0 aromatic carbocycles. The van der Waals surface area contributed by atoms with Crippen molar-refractivity contribution in [1.82, 2.24) is 9.80 Å². The number of hydrogen-bond acceptors (Lipinski definition) is 3. The normalized spacial score (nSPS) is 25.2. The molecule has 0 saturated carbocycles. The van der Waals surface area contributed by atoms with Gasteiger partial charge in [0.25, 0.3) is 0 Å². The second kappa shape index (κ2) is 7.24. The van der Waals surface area contributed by atoms with E-state index in [-0.39, 0.29) is 0 Å². The Labute approximate surface area is 125 Å². The number of nitrogens with zero attached hydrogens (tertiary/aromatic N) is 2. The Morgan fingerprint density at radius 3 is 1.95 bits per heavy atom. The molecule has 0 amide bonds. The van der Waals surface area contributed by atoms with Crippen molar-refractivity contribution in [3.8, 4) is 0 Å². The molecule has 0 bridgehead atoms. The lowest BCUT2D eigenvalue weighted by molar-refractivity contribution is 0.0587. The van der Waals surface area contributed by atoms with Crippen LogP contribution in [0.2, 0.25) is 0 Å². The zero-order valence-electron chi connectivity index (χ0n) is 14.0. The van der Waals surface area contributed by atoms with Crippen LogP contribution in [0.5, 0.6) is 0 Å². The molecule has 2 rings (SSSR count). The SMILES string of the molecule is COCC1CCN(CC2CCN(C(C)(C)C)CC2)CC1. The van der Waals surface area contributed by atoms with E-state index in [0.717, 1.165) is 18.4 Å². The van der Waals surface area contributed by atoms with Crippen molar-refractivity contribution in [3.63, 3.8) is 0 Å². The lowest BCUT2D eigenvalue weighted by Gasteiger charge is -2.42. The molecule has 20 heavy (non-hydrogen) atoms. The zero-order chi connectivity index (χ0) is 14.6. The van der Waals surface area contributed by atoms with Gasteiger partial charge in [0.2, 0.25) is 0 Å². The van der Waals surface area contributed by atoms with E-state index in [4.69, 9.17) is 4.74 Å². The Hall–Kier alpha value is -0.120. The van der Waals surface area contributed by atoms with Crippen molar-refractivity contribution in [1.29, 1.82) is 0 Å². The summed E-state index contributed by atoms with van der Waals surface area (Å²) in [4.78, 5) is 5.35. The summed E-state index contributed by atoms with van der Waals surface area (Å²) in [5.41, 5.74) is 0.351. The molecule has 0 atom stereocenters. The highest BCUT2D eigenvalue weighted by atomic mass is 16.5. The van der Waals surface area contributed by atoms with E-state index in [0.29, 0.717) is 5.54 Å². The van der Waals surface area contributed by atoms with Gasteiger partial charge < -0.3 is 9.64 Å². The maximum absolute atomic E-state index is 5.29. The lowest BCUT2D eigenvalue weighted by Crippen LogP contribution is -2.48. The summed E-state index contributed by atoms with van der Waals surface area (Å²) < 4.78 is 5.29. The summed E-state index contributed by atoms with van der Waals surface area (Å²) in [5, 5.41) is 0. The van der Waals surface area contributed by atoms with Crippen LogP contribution < -0.4 is 0 Å². The molecule has 3 heteroatoms. The van der Waals surface area contributed by atoms with E-state index in [2.05, 4.69) is 30.6 Å². The number of likely N-dealkylation sites (tertiary alicyclic amines) is 2. The molecule has 3 nitrogen and oxygen atoms in total. The van der Waals surface area contributed by atoms with Gasteiger partial charge in [-0.3, -0.25) is 4.90 Å². The largest absolute Gasteiger partial charge is 0.384 e. The van der Waals surface area contributed by atoms with Crippen molar-refractivity contribution >= 4 is 0 Å². The first kappa shape index (κ1) is 16.3. The third-order valence-electron chi connectivity index (χ3n) is 5.19. The summed E-state index contributed by atoms with van der Waals surface area (Å²) in [6.45, 7) is 14.5. The molecule has 0 N–H and O–H groups in total. The van der Waals surface area contributed by atoms with Crippen LogP contribution in [0.4, 0.5) is 0 Å². The Kier molecular flexibility index (Phi) is 5.88. The molecular formula is C17H34N2O. The van der Waals surface area contributed by atoms with Gasteiger partial charge in [-0.25, -0.2) is 0 Å². The average molecular weight is 282 g/mol. The van der Waals surface area contributed by atoms with Crippen molar-refractivity contribution in [3.05, 3.63) is 0 Å². The molecule has 0 aliphatic carbocycles. The number of piperidine rings is 2. The monoisotopic (exact) mass is 282 g/mol. The standard InChI is InChI=1S/C17H34N2O/c1-17(2,3)19-11-7-15(8-12-19)13-18-9-5-16(6-10-18)14-20-4/h15-16H,5-14H2,1-4H3. The second-order valence-electron chi connectivity index (χ2n) is 7.80. The van der Waals surface area contributed by atoms with Crippen molar-refractivity contribution in [2.75, 3.05) is 46.4 Å². The number of hydrogen-bond donors (Lipinski definition) is 0. The number of ether oxygens (including phenoxy) is 1. The fourth-order valence-electron chi connectivity index (χ4n) is 3.72. The molecule has 0 unspecified atom stereocenters. The number of rotatable bonds is 4. The molecule has 2 fully saturated rings. The minimum Gasteiger partial charge on any atom is -0.384 e. The second-order valence-corrected chi connectivity index (χ2v) is 7.80. The van der Waals surface area contributed by atoms with Crippen LogP contribution in [0.3, 0.4) is 0 Å². The van der Waals surface area contributed by atoms with Gasteiger partial charge in [-0.2, -0.15) is 0 Å². The van der Waals surface area contributed by atoms with Gasteiger partial charge in [-0.15, -0.1) is 0 Å². The molecule has 0 aromatic rings. The Bertz CT molecular complexity index is 271. The summed E-state index contributed by atoms with van der Waals surface area (Å²) in [6.07, 6.45) is 5.42. The highest BCUT2D eigenvalue weighted by molar-refractivity contribution is 4.83. The minimum atomic E-state index is 0.351. The van der Waals surface area contributed by atoms with Gasteiger partial charge in [0.15, 0.2) is 0 Å². The van der Waals surface area contributed by atoms with Crippen LogP contribution in [0.15, 0.2) is 0 Å². The molecule has 2 heterocycles. The van der Waals surface area contributed by atoms with E-state index in [1.54, 1.807) is 0 Å². The van der Waals surface area contributed by atoms with E-state index in [1.807, 2.05) is 7.11 Å². The summed E-state index contributed by atoms with van der Waals surface area (Å²) in [5.74, 6) is 1.73.